The summed E-state index contributed by atoms with van der Waals surface area (Å²) in [7, 11) is 1.61. The smallest absolute Gasteiger partial charge is 0.280 e. The van der Waals surface area contributed by atoms with Crippen molar-refractivity contribution in [1.29, 1.82) is 0 Å². The maximum Gasteiger partial charge on any atom is 0.280 e. The van der Waals surface area contributed by atoms with Crippen LogP contribution in [0.1, 0.15) is 32.1 Å². The molecule has 3 aromatic heterocycles. The summed E-state index contributed by atoms with van der Waals surface area (Å²) < 4.78 is 1.40. The Kier molecular flexibility index (Phi) is 6.68. The molecule has 0 bridgehead atoms. The number of carbonyl (C=O) groups excluding carboxylic acids is 2. The first-order valence-corrected chi connectivity index (χ1v) is 12.0. The van der Waals surface area contributed by atoms with E-state index in [2.05, 4.69) is 20.4 Å². The third kappa shape index (κ3) is 4.80. The van der Waals surface area contributed by atoms with Gasteiger partial charge < -0.3 is 5.32 Å². The van der Waals surface area contributed by atoms with Crippen LogP contribution in [0.4, 0.5) is 0 Å². The van der Waals surface area contributed by atoms with Crippen LogP contribution in [0.3, 0.4) is 0 Å². The number of nitrogens with one attached hydrogen (secondary N) is 1. The van der Waals surface area contributed by atoms with Gasteiger partial charge in [-0.2, -0.15) is 9.78 Å². The second-order valence-corrected chi connectivity index (χ2v) is 8.90. The lowest BCUT2D eigenvalue weighted by atomic mass is 10.2. The maximum absolute atomic E-state index is 13.4. The Balaban J connectivity index is 1.59. The predicted molar refractivity (Wildman–Crippen MR) is 141 cm³/mol. The van der Waals surface area contributed by atoms with Crippen molar-refractivity contribution in [2.75, 3.05) is 7.05 Å². The van der Waals surface area contributed by atoms with Crippen LogP contribution in [0.5, 0.6) is 0 Å². The summed E-state index contributed by atoms with van der Waals surface area (Å²) in [6.45, 7) is 0. The van der Waals surface area contributed by atoms with E-state index in [4.69, 9.17) is 0 Å². The zero-order valence-electron chi connectivity index (χ0n) is 19.3. The van der Waals surface area contributed by atoms with Gasteiger partial charge in [-0.15, -0.1) is 0 Å². The average Bonchev–Trinajstić information content (AvgIpc) is 3.30. The van der Waals surface area contributed by atoms with E-state index in [1.165, 1.54) is 22.6 Å². The predicted octanol–water partition coefficient (Wildman–Crippen LogP) is 5.20. The molecule has 0 radical (unpaired) electrons. The monoisotopic (exact) mass is 491 g/mol. The molecule has 5 aromatic rings. The van der Waals surface area contributed by atoms with Crippen molar-refractivity contribution in [1.82, 2.24) is 25.1 Å². The molecular weight excluding hydrogens is 470 g/mol. The highest BCUT2D eigenvalue weighted by Gasteiger charge is 2.18. The summed E-state index contributed by atoms with van der Waals surface area (Å²) in [5.74, 6) is -0.434. The normalized spacial score (nSPS) is 11.1. The van der Waals surface area contributed by atoms with Gasteiger partial charge in [0.15, 0.2) is 0 Å². The second-order valence-electron chi connectivity index (χ2n) is 7.79. The van der Waals surface area contributed by atoms with Crippen molar-refractivity contribution < 1.29 is 9.59 Å². The fourth-order valence-corrected chi connectivity index (χ4v) is 4.69. The zero-order valence-corrected chi connectivity index (χ0v) is 20.1. The first-order chi connectivity index (χ1) is 17.6. The number of hydrogen-bond donors (Lipinski definition) is 1. The maximum atomic E-state index is 13.4. The molecule has 0 aliphatic carbocycles. The summed E-state index contributed by atoms with van der Waals surface area (Å²) in [5, 5.41) is 8.14. The molecule has 0 aliphatic heterocycles. The highest BCUT2D eigenvalue weighted by molar-refractivity contribution is 7.99. The Morgan fingerprint density at radius 2 is 1.81 bits per heavy atom. The molecule has 1 N–H and O–H groups in total. The Labute approximate surface area is 211 Å². The average molecular weight is 492 g/mol. The highest BCUT2D eigenvalue weighted by Crippen LogP contribution is 2.33. The van der Waals surface area contributed by atoms with Gasteiger partial charge in [-0.3, -0.25) is 19.6 Å². The number of nitrogens with zero attached hydrogens (tertiary/aromatic N) is 4. The van der Waals surface area contributed by atoms with E-state index in [1.807, 2.05) is 66.7 Å². The van der Waals surface area contributed by atoms with Gasteiger partial charge in [0.05, 0.1) is 28.0 Å². The summed E-state index contributed by atoms with van der Waals surface area (Å²) in [6, 6.07) is 22.3. The van der Waals surface area contributed by atoms with Gasteiger partial charge >= 0.3 is 0 Å². The zero-order chi connectivity index (χ0) is 24.9. The molecule has 0 atom stereocenters. The molecule has 176 valence electrons. The van der Waals surface area contributed by atoms with Crippen molar-refractivity contribution in [2.45, 2.75) is 9.79 Å². The number of hydrogen-bond acceptors (Lipinski definition) is 6. The second kappa shape index (κ2) is 10.4. The molecule has 8 heteroatoms. The Morgan fingerprint density at radius 3 is 2.58 bits per heavy atom. The fourth-order valence-electron chi connectivity index (χ4n) is 3.72. The summed E-state index contributed by atoms with van der Waals surface area (Å²) in [5.41, 5.74) is 3.12. The molecule has 0 fully saturated rings. The minimum Gasteiger partial charge on any atom is -0.355 e. The van der Waals surface area contributed by atoms with Gasteiger partial charge in [-0.1, -0.05) is 30.0 Å². The van der Waals surface area contributed by atoms with Crippen LogP contribution in [-0.2, 0) is 0 Å². The van der Waals surface area contributed by atoms with E-state index >= 15 is 0 Å². The molecule has 2 aromatic carbocycles. The van der Waals surface area contributed by atoms with Gasteiger partial charge in [0, 0.05) is 40.8 Å². The SMILES string of the molecule is CNC(=O)c1ccccc1Sc1ccc2c(/C=C/c3ccccn3)nn(C(=O)c3cccnc3)c2c1. The first kappa shape index (κ1) is 23.2. The molecule has 0 saturated carbocycles. The van der Waals surface area contributed by atoms with Crippen molar-refractivity contribution in [3.8, 4) is 0 Å². The van der Waals surface area contributed by atoms with E-state index < -0.39 is 0 Å². The van der Waals surface area contributed by atoms with Crippen molar-refractivity contribution in [3.05, 3.63) is 114 Å². The van der Waals surface area contributed by atoms with E-state index in [0.717, 1.165) is 20.9 Å². The van der Waals surface area contributed by atoms with Gasteiger partial charge in [0.1, 0.15) is 0 Å². The molecule has 3 heterocycles. The van der Waals surface area contributed by atoms with Crippen LogP contribution in [0, 0.1) is 0 Å². The third-order valence-corrected chi connectivity index (χ3v) is 6.53. The minimum absolute atomic E-state index is 0.155. The molecule has 0 aliphatic rings. The summed E-state index contributed by atoms with van der Waals surface area (Å²) in [4.78, 5) is 35.8. The van der Waals surface area contributed by atoms with Crippen molar-refractivity contribution >= 4 is 46.6 Å². The van der Waals surface area contributed by atoms with Gasteiger partial charge in [-0.25, -0.2) is 0 Å². The lowest BCUT2D eigenvalue weighted by molar-refractivity contribution is 0.0945. The first-order valence-electron chi connectivity index (χ1n) is 11.2. The number of rotatable bonds is 6. The molecule has 5 rings (SSSR count). The quantitative estimate of drug-likeness (QED) is 0.351. The molecule has 1 amide bonds. The fraction of sp³-hybridized carbons (Fsp3) is 0.0357. The van der Waals surface area contributed by atoms with Crippen LogP contribution in [0.15, 0.2) is 101 Å². The standard InChI is InChI=1S/C28H21N5O2S/c1-29-27(34)23-9-2-3-10-26(23)36-21-12-13-22-24(14-11-20-8-4-5-16-31-20)32-33(25(22)17-21)28(35)19-7-6-15-30-18-19/h2-18H,1H3,(H,29,34)/b14-11+. The third-order valence-electron chi connectivity index (χ3n) is 5.47. The Hall–Kier alpha value is -4.56. The molecular formula is C28H21N5O2S. The number of fused-ring (bicyclic) bond motifs is 1. The Morgan fingerprint density at radius 1 is 0.944 bits per heavy atom. The number of benzene rings is 2. The van der Waals surface area contributed by atoms with Gasteiger partial charge in [0.2, 0.25) is 0 Å². The lowest BCUT2D eigenvalue weighted by Crippen LogP contribution is -2.18. The van der Waals surface area contributed by atoms with E-state index in [0.29, 0.717) is 22.3 Å². The van der Waals surface area contributed by atoms with E-state index in [1.54, 1.807) is 37.6 Å². The van der Waals surface area contributed by atoms with E-state index in [9.17, 15) is 9.59 Å². The van der Waals surface area contributed by atoms with Gasteiger partial charge in [0.25, 0.3) is 11.8 Å². The van der Waals surface area contributed by atoms with Crippen LogP contribution < -0.4 is 5.32 Å². The summed E-state index contributed by atoms with van der Waals surface area (Å²) in [6.07, 6.45) is 8.59. The molecule has 0 spiro atoms. The van der Waals surface area contributed by atoms with Crippen LogP contribution in [0.25, 0.3) is 23.1 Å². The number of carbonyl (C=O) groups is 2. The number of amides is 1. The van der Waals surface area contributed by atoms with Crippen LogP contribution in [0.2, 0.25) is 0 Å². The summed E-state index contributed by atoms with van der Waals surface area (Å²) >= 11 is 1.45. The molecule has 36 heavy (non-hydrogen) atoms. The van der Waals surface area contributed by atoms with Crippen molar-refractivity contribution in [2.24, 2.45) is 0 Å². The topological polar surface area (TPSA) is 89.8 Å². The number of pyridine rings is 2. The minimum atomic E-state index is -0.279. The largest absolute Gasteiger partial charge is 0.355 e. The molecule has 0 saturated heterocycles. The highest BCUT2D eigenvalue weighted by atomic mass is 32.2. The molecule has 7 nitrogen and oxygen atoms in total. The Bertz CT molecular complexity index is 1580. The van der Waals surface area contributed by atoms with E-state index in [-0.39, 0.29) is 11.8 Å². The van der Waals surface area contributed by atoms with Crippen molar-refractivity contribution in [3.63, 3.8) is 0 Å². The lowest BCUT2D eigenvalue weighted by Gasteiger charge is -2.08. The van der Waals surface area contributed by atoms with Gasteiger partial charge in [-0.05, 0) is 66.7 Å². The van der Waals surface area contributed by atoms with Crippen LogP contribution in [-0.4, -0.2) is 38.6 Å². The number of aromatic nitrogens is 4. The molecule has 0 unspecified atom stereocenters. The van der Waals surface area contributed by atoms with Crippen LogP contribution >= 0.6 is 11.8 Å².